The van der Waals surface area contributed by atoms with E-state index >= 15 is 0 Å². The molecule has 0 fully saturated rings. The van der Waals surface area contributed by atoms with Gasteiger partial charge >= 0.3 is 0 Å². The third-order valence-electron chi connectivity index (χ3n) is 2.84. The molecule has 1 N–H and O–H groups in total. The van der Waals surface area contributed by atoms with Gasteiger partial charge in [0, 0.05) is 24.5 Å². The summed E-state index contributed by atoms with van der Waals surface area (Å²) in [6, 6.07) is 5.14. The minimum Gasteiger partial charge on any atom is -0.435 e. The van der Waals surface area contributed by atoms with Crippen molar-refractivity contribution in [3.63, 3.8) is 0 Å². The summed E-state index contributed by atoms with van der Waals surface area (Å²) in [7, 11) is 0. The maximum Gasteiger partial charge on any atom is 0.256 e. The molecule has 0 aromatic carbocycles. The van der Waals surface area contributed by atoms with Crippen molar-refractivity contribution in [3.8, 4) is 11.6 Å². The van der Waals surface area contributed by atoms with Crippen molar-refractivity contribution in [1.82, 2.24) is 15.3 Å². The second kappa shape index (κ2) is 6.96. The predicted octanol–water partition coefficient (Wildman–Crippen LogP) is 3.22. The van der Waals surface area contributed by atoms with Crippen LogP contribution in [-0.4, -0.2) is 16.5 Å². The maximum atomic E-state index is 14.3. The molecule has 4 nitrogen and oxygen atoms in total. The van der Waals surface area contributed by atoms with Crippen molar-refractivity contribution >= 4 is 0 Å². The summed E-state index contributed by atoms with van der Waals surface area (Å²) in [5.41, 5.74) is 1.24. The molecule has 0 aliphatic rings. The summed E-state index contributed by atoms with van der Waals surface area (Å²) in [5.74, 6) is 0.0637. The average Bonchev–Trinajstić information content (AvgIpc) is 2.45. The largest absolute Gasteiger partial charge is 0.435 e. The Morgan fingerprint density at radius 2 is 2.10 bits per heavy atom. The van der Waals surface area contributed by atoms with E-state index in [0.29, 0.717) is 23.6 Å². The van der Waals surface area contributed by atoms with Gasteiger partial charge in [0.25, 0.3) is 5.88 Å². The molecule has 0 unspecified atom stereocenters. The lowest BCUT2D eigenvalue weighted by molar-refractivity contribution is 0.413. The van der Waals surface area contributed by atoms with E-state index in [9.17, 15) is 4.39 Å². The summed E-state index contributed by atoms with van der Waals surface area (Å²) < 4.78 is 19.8. The van der Waals surface area contributed by atoms with Crippen LogP contribution in [0.3, 0.4) is 0 Å². The fraction of sp³-hybridized carbons (Fsp3) is 0.333. The van der Waals surface area contributed by atoms with Gasteiger partial charge in [-0.3, -0.25) is 4.98 Å². The summed E-state index contributed by atoms with van der Waals surface area (Å²) in [5, 5.41) is 3.16. The molecule has 0 aliphatic heterocycles. The van der Waals surface area contributed by atoms with Crippen LogP contribution in [0, 0.1) is 12.7 Å². The van der Waals surface area contributed by atoms with Crippen LogP contribution in [0.15, 0.2) is 30.6 Å². The fourth-order valence-corrected chi connectivity index (χ4v) is 1.75. The first-order chi connectivity index (χ1) is 9.72. The highest BCUT2D eigenvalue weighted by atomic mass is 19.1. The normalized spacial score (nSPS) is 10.6. The molecule has 2 aromatic rings. The van der Waals surface area contributed by atoms with Gasteiger partial charge < -0.3 is 10.1 Å². The molecule has 20 heavy (non-hydrogen) atoms. The number of pyridine rings is 2. The van der Waals surface area contributed by atoms with Gasteiger partial charge in [0.15, 0.2) is 11.6 Å². The number of ether oxygens (including phenoxy) is 1. The Hall–Kier alpha value is -2.01. The van der Waals surface area contributed by atoms with E-state index in [1.54, 1.807) is 37.5 Å². The first-order valence-corrected chi connectivity index (χ1v) is 6.66. The number of nitrogens with zero attached hydrogens (tertiary/aromatic N) is 2. The zero-order valence-corrected chi connectivity index (χ0v) is 11.7. The molecule has 0 aliphatic carbocycles. The van der Waals surface area contributed by atoms with E-state index < -0.39 is 5.82 Å². The SMILES string of the molecule is CCCNCc1ccnc(Oc2cccnc2C)c1F. The quantitative estimate of drug-likeness (QED) is 0.822. The van der Waals surface area contributed by atoms with Crippen LogP contribution >= 0.6 is 0 Å². The number of hydrogen-bond donors (Lipinski definition) is 1. The molecule has 2 aromatic heterocycles. The van der Waals surface area contributed by atoms with Gasteiger partial charge in [0.2, 0.25) is 0 Å². The van der Waals surface area contributed by atoms with Crippen LogP contribution in [0.5, 0.6) is 11.6 Å². The first-order valence-electron chi connectivity index (χ1n) is 6.66. The Balaban J connectivity index is 2.16. The van der Waals surface area contributed by atoms with E-state index in [1.165, 1.54) is 0 Å². The lowest BCUT2D eigenvalue weighted by Crippen LogP contribution is -2.15. The molecular formula is C15H18FN3O. The lowest BCUT2D eigenvalue weighted by atomic mass is 10.2. The van der Waals surface area contributed by atoms with Crippen LogP contribution in [0.4, 0.5) is 4.39 Å². The molecule has 0 radical (unpaired) electrons. The Labute approximate surface area is 118 Å². The molecule has 0 saturated carbocycles. The minimum absolute atomic E-state index is 0.0168. The standard InChI is InChI=1S/C15H18FN3O/c1-3-7-17-10-12-6-9-19-15(14(12)16)20-13-5-4-8-18-11(13)2/h4-6,8-9,17H,3,7,10H2,1-2H3. The smallest absolute Gasteiger partial charge is 0.256 e. The van der Waals surface area contributed by atoms with Crippen LogP contribution in [0.2, 0.25) is 0 Å². The van der Waals surface area contributed by atoms with Crippen molar-refractivity contribution in [2.45, 2.75) is 26.8 Å². The van der Waals surface area contributed by atoms with E-state index in [2.05, 4.69) is 22.2 Å². The molecule has 0 spiro atoms. The summed E-state index contributed by atoms with van der Waals surface area (Å²) in [6.45, 7) is 5.18. The highest BCUT2D eigenvalue weighted by molar-refractivity contribution is 5.32. The predicted molar refractivity (Wildman–Crippen MR) is 75.2 cm³/mol. The molecule has 2 heterocycles. The third-order valence-corrected chi connectivity index (χ3v) is 2.84. The van der Waals surface area contributed by atoms with E-state index in [4.69, 9.17) is 4.74 Å². The van der Waals surface area contributed by atoms with Gasteiger partial charge in [0.05, 0.1) is 5.69 Å². The number of nitrogens with one attached hydrogen (secondary N) is 1. The number of rotatable bonds is 6. The first kappa shape index (κ1) is 14.4. The number of hydrogen-bond acceptors (Lipinski definition) is 4. The molecule has 0 saturated heterocycles. The Kier molecular flexibility index (Phi) is 5.01. The van der Waals surface area contributed by atoms with Crippen molar-refractivity contribution < 1.29 is 9.13 Å². The monoisotopic (exact) mass is 275 g/mol. The maximum absolute atomic E-state index is 14.3. The zero-order chi connectivity index (χ0) is 14.4. The van der Waals surface area contributed by atoms with Crippen molar-refractivity contribution in [2.24, 2.45) is 0 Å². The Morgan fingerprint density at radius 1 is 1.25 bits per heavy atom. The van der Waals surface area contributed by atoms with Crippen LogP contribution in [-0.2, 0) is 6.54 Å². The number of aromatic nitrogens is 2. The van der Waals surface area contributed by atoms with Gasteiger partial charge in [-0.05, 0) is 38.1 Å². The van der Waals surface area contributed by atoms with Crippen LogP contribution in [0.1, 0.15) is 24.6 Å². The summed E-state index contributed by atoms with van der Waals surface area (Å²) >= 11 is 0. The molecule has 2 rings (SSSR count). The van der Waals surface area contributed by atoms with E-state index in [-0.39, 0.29) is 5.88 Å². The zero-order valence-electron chi connectivity index (χ0n) is 11.7. The molecule has 0 amide bonds. The highest BCUT2D eigenvalue weighted by Crippen LogP contribution is 2.25. The Morgan fingerprint density at radius 3 is 2.85 bits per heavy atom. The lowest BCUT2D eigenvalue weighted by Gasteiger charge is -2.10. The number of aryl methyl sites for hydroxylation is 1. The van der Waals surface area contributed by atoms with E-state index in [0.717, 1.165) is 13.0 Å². The van der Waals surface area contributed by atoms with Crippen LogP contribution in [0.25, 0.3) is 0 Å². The van der Waals surface area contributed by atoms with Gasteiger partial charge in [-0.15, -0.1) is 0 Å². The van der Waals surface area contributed by atoms with Crippen molar-refractivity contribution in [3.05, 3.63) is 47.7 Å². The minimum atomic E-state index is -0.431. The van der Waals surface area contributed by atoms with Gasteiger partial charge in [0.1, 0.15) is 0 Å². The molecule has 5 heteroatoms. The molecule has 0 atom stereocenters. The average molecular weight is 275 g/mol. The van der Waals surface area contributed by atoms with Gasteiger partial charge in [-0.25, -0.2) is 9.37 Å². The van der Waals surface area contributed by atoms with Crippen molar-refractivity contribution in [2.75, 3.05) is 6.54 Å². The summed E-state index contributed by atoms with van der Waals surface area (Å²) in [6.07, 6.45) is 4.22. The second-order valence-corrected chi connectivity index (χ2v) is 4.45. The second-order valence-electron chi connectivity index (χ2n) is 4.45. The highest BCUT2D eigenvalue weighted by Gasteiger charge is 2.12. The molecule has 106 valence electrons. The van der Waals surface area contributed by atoms with Crippen LogP contribution < -0.4 is 10.1 Å². The number of halogens is 1. The van der Waals surface area contributed by atoms with Crippen molar-refractivity contribution in [1.29, 1.82) is 0 Å². The molecule has 0 bridgehead atoms. The van der Waals surface area contributed by atoms with Gasteiger partial charge in [-0.1, -0.05) is 6.92 Å². The molecular weight excluding hydrogens is 257 g/mol. The third kappa shape index (κ3) is 3.51. The fourth-order valence-electron chi connectivity index (χ4n) is 1.75. The summed E-state index contributed by atoms with van der Waals surface area (Å²) in [4.78, 5) is 8.05. The topological polar surface area (TPSA) is 47.0 Å². The van der Waals surface area contributed by atoms with E-state index in [1.807, 2.05) is 0 Å². The van der Waals surface area contributed by atoms with Gasteiger partial charge in [-0.2, -0.15) is 0 Å². The Bertz CT molecular complexity index is 575.